The highest BCUT2D eigenvalue weighted by Crippen LogP contribution is 2.24. The fraction of sp³-hybridized carbons (Fsp3) is 0.333. The molecule has 0 bridgehead atoms. The summed E-state index contributed by atoms with van der Waals surface area (Å²) in [5.41, 5.74) is 2.67. The summed E-state index contributed by atoms with van der Waals surface area (Å²) in [6.07, 6.45) is 4.88. The van der Waals surface area contributed by atoms with Gasteiger partial charge in [0, 0.05) is 36.4 Å². The van der Waals surface area contributed by atoms with Gasteiger partial charge in [-0.2, -0.15) is 0 Å². The number of nitrogens with zero attached hydrogens (tertiary/aromatic N) is 2. The topological polar surface area (TPSA) is 86.8 Å². The van der Waals surface area contributed by atoms with Crippen LogP contribution in [0.1, 0.15) is 70.4 Å². The van der Waals surface area contributed by atoms with Crippen molar-refractivity contribution in [3.8, 4) is 0 Å². The highest BCUT2D eigenvalue weighted by molar-refractivity contribution is 9.10. The van der Waals surface area contributed by atoms with Crippen molar-refractivity contribution in [3.63, 3.8) is 0 Å². The van der Waals surface area contributed by atoms with E-state index in [0.29, 0.717) is 24.0 Å². The van der Waals surface area contributed by atoms with E-state index in [9.17, 15) is 19.2 Å². The zero-order valence-corrected chi connectivity index (χ0v) is 24.5. The van der Waals surface area contributed by atoms with Crippen molar-refractivity contribution in [1.82, 2.24) is 15.1 Å². The first kappa shape index (κ1) is 28.7. The fourth-order valence-corrected chi connectivity index (χ4v) is 5.95. The Morgan fingerprint density at radius 2 is 1.46 bits per heavy atom. The van der Waals surface area contributed by atoms with Crippen LogP contribution < -0.4 is 5.32 Å². The zero-order valence-electron chi connectivity index (χ0n) is 22.9. The summed E-state index contributed by atoms with van der Waals surface area (Å²) >= 11 is 3.47. The van der Waals surface area contributed by atoms with Crippen LogP contribution in [0.3, 0.4) is 0 Å². The van der Waals surface area contributed by atoms with Gasteiger partial charge in [0.25, 0.3) is 11.8 Å². The van der Waals surface area contributed by atoms with Crippen molar-refractivity contribution in [2.45, 2.75) is 63.6 Å². The summed E-state index contributed by atoms with van der Waals surface area (Å²) in [5, 5.41) is 3.21. The fourth-order valence-electron chi connectivity index (χ4n) is 5.68. The molecule has 1 fully saturated rings. The lowest BCUT2D eigenvalue weighted by Gasteiger charge is -2.32. The number of benzene rings is 3. The second-order valence-corrected chi connectivity index (χ2v) is 11.7. The number of carbonyl (C=O) groups excluding carboxylic acids is 4. The Balaban J connectivity index is 1.35. The molecule has 3 aromatic rings. The average Bonchev–Trinajstić information content (AvgIpc) is 3.58. The van der Waals surface area contributed by atoms with E-state index in [1.807, 2.05) is 54.6 Å². The van der Waals surface area contributed by atoms with Gasteiger partial charge in [0.1, 0.15) is 6.04 Å². The minimum atomic E-state index is -0.701. The van der Waals surface area contributed by atoms with E-state index in [0.717, 1.165) is 41.3 Å². The van der Waals surface area contributed by atoms with E-state index >= 15 is 0 Å². The molecule has 5 rings (SSSR count). The second-order valence-electron chi connectivity index (χ2n) is 10.8. The number of halogens is 1. The molecule has 4 amide bonds. The molecule has 1 heterocycles. The van der Waals surface area contributed by atoms with Crippen molar-refractivity contribution in [3.05, 3.63) is 106 Å². The third-order valence-corrected chi connectivity index (χ3v) is 8.42. The highest BCUT2D eigenvalue weighted by atomic mass is 79.9. The molecule has 3 aromatic carbocycles. The van der Waals surface area contributed by atoms with Gasteiger partial charge in [-0.05, 0) is 54.7 Å². The molecule has 1 aliphatic carbocycles. The largest absolute Gasteiger partial charge is 0.352 e. The molecule has 0 radical (unpaired) electrons. The van der Waals surface area contributed by atoms with Gasteiger partial charge >= 0.3 is 0 Å². The molecule has 0 spiro atoms. The second kappa shape index (κ2) is 13.3. The summed E-state index contributed by atoms with van der Waals surface area (Å²) in [7, 11) is 0. The van der Waals surface area contributed by atoms with Crippen LogP contribution in [0, 0.1) is 0 Å². The maximum absolute atomic E-state index is 13.9. The van der Waals surface area contributed by atoms with Gasteiger partial charge in [0.2, 0.25) is 11.8 Å². The molecule has 1 aliphatic heterocycles. The molecule has 2 aliphatic rings. The molecule has 8 heteroatoms. The van der Waals surface area contributed by atoms with E-state index in [4.69, 9.17) is 0 Å². The van der Waals surface area contributed by atoms with Crippen LogP contribution in [0.4, 0.5) is 0 Å². The first-order valence-electron chi connectivity index (χ1n) is 14.2. The monoisotopic (exact) mass is 615 g/mol. The smallest absolute Gasteiger partial charge is 0.261 e. The van der Waals surface area contributed by atoms with Gasteiger partial charge in [-0.1, -0.05) is 83.4 Å². The summed E-state index contributed by atoms with van der Waals surface area (Å²) in [6.45, 7) is 0.413. The number of nitrogens with one attached hydrogen (secondary N) is 1. The normalized spacial score (nSPS) is 15.6. The number of carbonyl (C=O) groups is 4. The molecule has 0 saturated heterocycles. The van der Waals surface area contributed by atoms with Crippen molar-refractivity contribution < 1.29 is 19.2 Å². The van der Waals surface area contributed by atoms with Crippen LogP contribution >= 0.6 is 15.9 Å². The number of amides is 4. The minimum Gasteiger partial charge on any atom is -0.352 e. The average molecular weight is 617 g/mol. The quantitative estimate of drug-likeness (QED) is 0.288. The minimum absolute atomic E-state index is 0.103. The number of hydrogen-bond donors (Lipinski definition) is 1. The zero-order chi connectivity index (χ0) is 28.8. The maximum atomic E-state index is 13.9. The van der Waals surface area contributed by atoms with Gasteiger partial charge in [-0.15, -0.1) is 0 Å². The van der Waals surface area contributed by atoms with E-state index in [1.54, 1.807) is 29.2 Å². The third-order valence-electron chi connectivity index (χ3n) is 7.89. The molecule has 7 nitrogen and oxygen atoms in total. The Hall–Kier alpha value is -3.78. The van der Waals surface area contributed by atoms with Crippen molar-refractivity contribution in [2.24, 2.45) is 0 Å². The Morgan fingerprint density at radius 3 is 2.10 bits per heavy atom. The summed E-state index contributed by atoms with van der Waals surface area (Å²) < 4.78 is 0.930. The van der Waals surface area contributed by atoms with Gasteiger partial charge in [0.15, 0.2) is 0 Å². The molecule has 1 saturated carbocycles. The summed E-state index contributed by atoms with van der Waals surface area (Å²) in [5.74, 6) is -0.996. The lowest BCUT2D eigenvalue weighted by Crippen LogP contribution is -2.52. The molecular weight excluding hydrogens is 582 g/mol. The Morgan fingerprint density at radius 1 is 0.854 bits per heavy atom. The first-order valence-corrected chi connectivity index (χ1v) is 15.0. The van der Waals surface area contributed by atoms with Crippen LogP contribution in [-0.2, 0) is 22.6 Å². The van der Waals surface area contributed by atoms with E-state index < -0.39 is 6.04 Å². The number of imide groups is 1. The molecular formula is C33H34BrN3O4. The SMILES string of the molecule is O=C(NC1CCCC1)[C@@H](Cc1ccccc1)N(Cc1ccc(Br)cc1)C(=O)CCCN1C(=O)c2ccccc2C1=O. The van der Waals surface area contributed by atoms with E-state index in [1.165, 1.54) is 4.90 Å². The van der Waals surface area contributed by atoms with Crippen LogP contribution in [0.2, 0.25) is 0 Å². The molecule has 0 aromatic heterocycles. The lowest BCUT2D eigenvalue weighted by molar-refractivity contribution is -0.141. The highest BCUT2D eigenvalue weighted by Gasteiger charge is 2.36. The third kappa shape index (κ3) is 6.93. The molecule has 1 atom stereocenters. The van der Waals surface area contributed by atoms with Crippen molar-refractivity contribution >= 4 is 39.6 Å². The van der Waals surface area contributed by atoms with Gasteiger partial charge in [-0.25, -0.2) is 0 Å². The van der Waals surface area contributed by atoms with Crippen LogP contribution in [0.25, 0.3) is 0 Å². The Bertz CT molecular complexity index is 1370. The molecule has 212 valence electrons. The predicted molar refractivity (Wildman–Crippen MR) is 160 cm³/mol. The van der Waals surface area contributed by atoms with E-state index in [-0.39, 0.29) is 49.2 Å². The Kier molecular flexibility index (Phi) is 9.29. The van der Waals surface area contributed by atoms with Crippen LogP contribution in [-0.4, -0.2) is 52.1 Å². The van der Waals surface area contributed by atoms with Gasteiger partial charge < -0.3 is 10.2 Å². The molecule has 0 unspecified atom stereocenters. The first-order chi connectivity index (χ1) is 19.9. The lowest BCUT2D eigenvalue weighted by atomic mass is 10.0. The molecule has 41 heavy (non-hydrogen) atoms. The van der Waals surface area contributed by atoms with Crippen LogP contribution in [0.15, 0.2) is 83.3 Å². The standard InChI is InChI=1S/C33H34BrN3O4/c34-25-18-16-24(17-19-25)22-37(29(21-23-9-2-1-3-10-23)31(39)35-26-11-4-5-12-26)30(38)15-8-20-36-32(40)27-13-6-7-14-28(27)33(36)41/h1-3,6-7,9-10,13-14,16-19,26,29H,4-5,8,11-12,15,20-22H2,(H,35,39)/t29-/m1/s1. The van der Waals surface area contributed by atoms with Crippen molar-refractivity contribution in [2.75, 3.05) is 6.54 Å². The van der Waals surface area contributed by atoms with E-state index in [2.05, 4.69) is 21.2 Å². The number of hydrogen-bond acceptors (Lipinski definition) is 4. The van der Waals surface area contributed by atoms with Crippen LogP contribution in [0.5, 0.6) is 0 Å². The summed E-state index contributed by atoms with van der Waals surface area (Å²) in [4.78, 5) is 56.2. The molecule has 1 N–H and O–H groups in total. The maximum Gasteiger partial charge on any atom is 0.261 e. The van der Waals surface area contributed by atoms with Gasteiger partial charge in [-0.3, -0.25) is 24.1 Å². The predicted octanol–water partition coefficient (Wildman–Crippen LogP) is 5.52. The number of fused-ring (bicyclic) bond motifs is 1. The number of rotatable bonds is 11. The summed E-state index contributed by atoms with van der Waals surface area (Å²) in [6, 6.07) is 23.7. The van der Waals surface area contributed by atoms with Crippen molar-refractivity contribution in [1.29, 1.82) is 0 Å². The Labute approximate surface area is 249 Å². The van der Waals surface area contributed by atoms with Gasteiger partial charge in [0.05, 0.1) is 11.1 Å².